The predicted octanol–water partition coefficient (Wildman–Crippen LogP) is 1.74. The second-order valence-electron chi connectivity index (χ2n) is 4.88. The number of hydrogen-bond acceptors (Lipinski definition) is 5. The molecule has 1 fully saturated rings. The predicted molar refractivity (Wildman–Crippen MR) is 66.8 cm³/mol. The summed E-state index contributed by atoms with van der Waals surface area (Å²) in [6.07, 6.45) is 7.11. The minimum atomic E-state index is -0.286. The lowest BCUT2D eigenvalue weighted by Gasteiger charge is -2.29. The number of nitrogens with zero attached hydrogens (tertiary/aromatic N) is 2. The van der Waals surface area contributed by atoms with Gasteiger partial charge in [-0.3, -0.25) is 4.79 Å². The molecule has 0 aliphatic heterocycles. The second-order valence-corrected chi connectivity index (χ2v) is 4.88. The van der Waals surface area contributed by atoms with Crippen molar-refractivity contribution < 1.29 is 9.42 Å². The molecule has 1 amide bonds. The number of nitrogens with two attached hydrogens (primary N) is 1. The van der Waals surface area contributed by atoms with Crippen molar-refractivity contribution in [2.45, 2.75) is 51.5 Å². The fraction of sp³-hybridized carbons (Fsp3) is 0.750. The molecule has 6 heteroatoms. The molecule has 18 heavy (non-hydrogen) atoms. The monoisotopic (exact) mass is 252 g/mol. The van der Waals surface area contributed by atoms with Gasteiger partial charge in [-0.25, -0.2) is 4.63 Å². The third kappa shape index (κ3) is 2.80. The summed E-state index contributed by atoms with van der Waals surface area (Å²) in [7, 11) is 0. The Morgan fingerprint density at radius 3 is 2.72 bits per heavy atom. The molecule has 0 bridgehead atoms. The van der Waals surface area contributed by atoms with Gasteiger partial charge in [0.1, 0.15) is 0 Å². The first-order valence-electron chi connectivity index (χ1n) is 6.61. The normalized spacial score (nSPS) is 18.5. The van der Waals surface area contributed by atoms with Crippen molar-refractivity contribution in [1.82, 2.24) is 15.6 Å². The number of rotatable bonds is 4. The van der Waals surface area contributed by atoms with Crippen molar-refractivity contribution in [3.05, 3.63) is 5.69 Å². The molecule has 1 aromatic heterocycles. The van der Waals surface area contributed by atoms with E-state index in [1.807, 2.05) is 0 Å². The zero-order valence-corrected chi connectivity index (χ0v) is 10.7. The number of carbonyl (C=O) groups is 1. The van der Waals surface area contributed by atoms with Crippen LogP contribution < -0.4 is 11.1 Å². The van der Waals surface area contributed by atoms with Crippen LogP contribution in [0.2, 0.25) is 0 Å². The summed E-state index contributed by atoms with van der Waals surface area (Å²) in [6, 6.07) is 0.189. The topological polar surface area (TPSA) is 94.0 Å². The zero-order chi connectivity index (χ0) is 13.0. The Bertz CT molecular complexity index is 399. The number of anilines is 1. The number of carbonyl (C=O) groups excluding carboxylic acids is 1. The fourth-order valence-corrected chi connectivity index (χ4v) is 2.68. The molecule has 0 saturated heterocycles. The van der Waals surface area contributed by atoms with Gasteiger partial charge in [0, 0.05) is 6.04 Å². The van der Waals surface area contributed by atoms with E-state index in [1.165, 1.54) is 32.1 Å². The largest absolute Gasteiger partial charge is 0.379 e. The summed E-state index contributed by atoms with van der Waals surface area (Å²) in [5.41, 5.74) is 5.60. The molecule has 1 heterocycles. The van der Waals surface area contributed by atoms with E-state index < -0.39 is 0 Å². The lowest BCUT2D eigenvalue weighted by molar-refractivity contribution is 0.0902. The number of aromatic nitrogens is 2. The summed E-state index contributed by atoms with van der Waals surface area (Å²) in [4.78, 5) is 12.0. The average molecular weight is 252 g/mol. The van der Waals surface area contributed by atoms with Gasteiger partial charge in [0.05, 0.1) is 0 Å². The van der Waals surface area contributed by atoms with Gasteiger partial charge in [-0.1, -0.05) is 26.2 Å². The quantitative estimate of drug-likeness (QED) is 0.851. The SMILES string of the molecule is CCC(NC(=O)c1nonc1N)C1CCCCC1. The highest BCUT2D eigenvalue weighted by Gasteiger charge is 2.26. The lowest BCUT2D eigenvalue weighted by Crippen LogP contribution is -2.41. The Morgan fingerprint density at radius 2 is 2.17 bits per heavy atom. The fourth-order valence-electron chi connectivity index (χ4n) is 2.68. The van der Waals surface area contributed by atoms with Crippen LogP contribution in [0.1, 0.15) is 55.9 Å². The maximum absolute atomic E-state index is 12.0. The van der Waals surface area contributed by atoms with Crippen molar-refractivity contribution in [3.8, 4) is 0 Å². The van der Waals surface area contributed by atoms with E-state index in [1.54, 1.807) is 0 Å². The Balaban J connectivity index is 1.97. The van der Waals surface area contributed by atoms with Crippen molar-refractivity contribution >= 4 is 11.7 Å². The van der Waals surface area contributed by atoms with E-state index in [-0.39, 0.29) is 23.5 Å². The highest BCUT2D eigenvalue weighted by atomic mass is 16.6. The lowest BCUT2D eigenvalue weighted by atomic mass is 9.83. The van der Waals surface area contributed by atoms with E-state index in [9.17, 15) is 4.79 Å². The van der Waals surface area contributed by atoms with Crippen molar-refractivity contribution in [2.24, 2.45) is 5.92 Å². The molecule has 1 unspecified atom stereocenters. The van der Waals surface area contributed by atoms with E-state index in [0.29, 0.717) is 5.92 Å². The maximum Gasteiger partial charge on any atom is 0.277 e. The van der Waals surface area contributed by atoms with Crippen molar-refractivity contribution in [1.29, 1.82) is 0 Å². The molecule has 2 rings (SSSR count). The number of amides is 1. The van der Waals surface area contributed by atoms with Gasteiger partial charge in [-0.05, 0) is 35.5 Å². The first-order valence-corrected chi connectivity index (χ1v) is 6.61. The molecular weight excluding hydrogens is 232 g/mol. The third-order valence-corrected chi connectivity index (χ3v) is 3.70. The molecule has 0 radical (unpaired) electrons. The molecule has 1 aliphatic carbocycles. The molecule has 1 aliphatic rings. The molecule has 0 aromatic carbocycles. The Labute approximate surface area is 106 Å². The van der Waals surface area contributed by atoms with Crippen LogP contribution in [0.4, 0.5) is 5.82 Å². The smallest absolute Gasteiger partial charge is 0.277 e. The average Bonchev–Trinajstić information content (AvgIpc) is 2.83. The van der Waals surface area contributed by atoms with Crippen LogP contribution >= 0.6 is 0 Å². The minimum Gasteiger partial charge on any atom is -0.379 e. The second kappa shape index (κ2) is 5.84. The van der Waals surface area contributed by atoms with E-state index >= 15 is 0 Å². The van der Waals surface area contributed by atoms with Gasteiger partial charge < -0.3 is 11.1 Å². The molecule has 1 atom stereocenters. The van der Waals surface area contributed by atoms with Crippen LogP contribution in [-0.4, -0.2) is 22.3 Å². The number of nitrogen functional groups attached to an aromatic ring is 1. The minimum absolute atomic E-state index is 0.0472. The van der Waals surface area contributed by atoms with Crippen LogP contribution in [0.15, 0.2) is 4.63 Å². The summed E-state index contributed by atoms with van der Waals surface area (Å²) in [5, 5.41) is 9.94. The summed E-state index contributed by atoms with van der Waals surface area (Å²) < 4.78 is 4.44. The van der Waals surface area contributed by atoms with Gasteiger partial charge in [0.25, 0.3) is 5.91 Å². The van der Waals surface area contributed by atoms with E-state index in [0.717, 1.165) is 6.42 Å². The summed E-state index contributed by atoms with van der Waals surface area (Å²) >= 11 is 0. The van der Waals surface area contributed by atoms with Crippen LogP contribution in [0.3, 0.4) is 0 Å². The molecule has 1 aromatic rings. The molecular formula is C12H20N4O2. The third-order valence-electron chi connectivity index (χ3n) is 3.70. The highest BCUT2D eigenvalue weighted by molar-refractivity contribution is 5.96. The Hall–Kier alpha value is -1.59. The zero-order valence-electron chi connectivity index (χ0n) is 10.7. The van der Waals surface area contributed by atoms with Crippen LogP contribution in [0, 0.1) is 5.92 Å². The van der Waals surface area contributed by atoms with Crippen molar-refractivity contribution in [2.75, 3.05) is 5.73 Å². The summed E-state index contributed by atoms with van der Waals surface area (Å²) in [5.74, 6) is 0.325. The van der Waals surface area contributed by atoms with Crippen LogP contribution in [0.25, 0.3) is 0 Å². The van der Waals surface area contributed by atoms with Crippen LogP contribution in [-0.2, 0) is 0 Å². The first-order chi connectivity index (χ1) is 8.72. The van der Waals surface area contributed by atoms with E-state index in [4.69, 9.17) is 5.73 Å². The Kier molecular flexibility index (Phi) is 4.17. The van der Waals surface area contributed by atoms with Crippen molar-refractivity contribution in [3.63, 3.8) is 0 Å². The highest BCUT2D eigenvalue weighted by Crippen LogP contribution is 2.27. The number of nitrogens with one attached hydrogen (secondary N) is 1. The summed E-state index contributed by atoms with van der Waals surface area (Å²) in [6.45, 7) is 2.09. The van der Waals surface area contributed by atoms with Gasteiger partial charge >= 0.3 is 0 Å². The number of hydrogen-bond donors (Lipinski definition) is 2. The Morgan fingerprint density at radius 1 is 1.44 bits per heavy atom. The van der Waals surface area contributed by atoms with Gasteiger partial charge in [-0.15, -0.1) is 0 Å². The standard InChI is InChI=1S/C12H20N4O2/c1-2-9(8-6-4-3-5-7-8)14-12(17)10-11(13)16-18-15-10/h8-9H,2-7H2,1H3,(H2,13,16)(H,14,17). The van der Waals surface area contributed by atoms with E-state index in [2.05, 4.69) is 27.2 Å². The van der Waals surface area contributed by atoms with Gasteiger partial charge in [-0.2, -0.15) is 0 Å². The molecule has 0 spiro atoms. The molecule has 3 N–H and O–H groups in total. The molecule has 1 saturated carbocycles. The van der Waals surface area contributed by atoms with Crippen LogP contribution in [0.5, 0.6) is 0 Å². The molecule has 6 nitrogen and oxygen atoms in total. The maximum atomic E-state index is 12.0. The first kappa shape index (κ1) is 12.9. The van der Waals surface area contributed by atoms with Gasteiger partial charge in [0.15, 0.2) is 0 Å². The van der Waals surface area contributed by atoms with Gasteiger partial charge in [0.2, 0.25) is 11.5 Å². The molecule has 100 valence electrons.